The Morgan fingerprint density at radius 3 is 1.83 bits per heavy atom. The maximum Gasteiger partial charge on any atom is 0.0476 e. The fourth-order valence-electron chi connectivity index (χ4n) is 7.52. The predicted molar refractivity (Wildman–Crippen MR) is 202 cm³/mol. The second-order valence-corrected chi connectivity index (χ2v) is 14.1. The Balaban J connectivity index is 1.22. The van der Waals surface area contributed by atoms with Crippen LogP contribution in [-0.2, 0) is 5.41 Å². The van der Waals surface area contributed by atoms with Crippen molar-refractivity contribution in [2.75, 3.05) is 4.90 Å². The number of hydrogen-bond acceptors (Lipinski definition) is 2. The van der Waals surface area contributed by atoms with Gasteiger partial charge in [0.05, 0.1) is 0 Å². The summed E-state index contributed by atoms with van der Waals surface area (Å²) in [7, 11) is 0. The average Bonchev–Trinajstić information content (AvgIpc) is 3.61. The van der Waals surface area contributed by atoms with Crippen molar-refractivity contribution in [1.29, 1.82) is 0 Å². The van der Waals surface area contributed by atoms with Gasteiger partial charge in [-0.2, -0.15) is 0 Å². The van der Waals surface area contributed by atoms with E-state index in [1.807, 2.05) is 11.3 Å². The maximum atomic E-state index is 2.40. The molecule has 1 aliphatic carbocycles. The summed E-state index contributed by atoms with van der Waals surface area (Å²) in [5.41, 5.74) is 13.9. The molecule has 8 aromatic rings. The van der Waals surface area contributed by atoms with Gasteiger partial charge in [-0.25, -0.2) is 0 Å². The van der Waals surface area contributed by atoms with Crippen molar-refractivity contribution in [2.24, 2.45) is 0 Å². The number of rotatable bonds is 5. The standard InChI is InChI=1S/C45H33NS/c1-45(2)39-19-10-9-18-37(39)43-40(45)26-27-41-44(43)38-25-24-36(29-42(38)47-41)46(34-22-20-32(21-23-34)30-12-5-3-6-13-30)35-17-11-16-33(28-35)31-14-7-4-8-15-31/h3-29H,1-2H3. The molecule has 0 bridgehead atoms. The molecule has 0 spiro atoms. The van der Waals surface area contributed by atoms with Crippen LogP contribution in [0.25, 0.3) is 53.6 Å². The second-order valence-electron chi connectivity index (χ2n) is 13.0. The monoisotopic (exact) mass is 619 g/mol. The van der Waals surface area contributed by atoms with Gasteiger partial charge in [0.1, 0.15) is 0 Å². The molecule has 0 N–H and O–H groups in total. The van der Waals surface area contributed by atoms with Gasteiger partial charge in [-0.05, 0) is 87.0 Å². The predicted octanol–water partition coefficient (Wildman–Crippen LogP) is 13.2. The van der Waals surface area contributed by atoms with Crippen LogP contribution in [0.15, 0.2) is 164 Å². The summed E-state index contributed by atoms with van der Waals surface area (Å²) in [5, 5.41) is 2.72. The molecule has 224 valence electrons. The molecular weight excluding hydrogens is 587 g/mol. The van der Waals surface area contributed by atoms with Crippen LogP contribution < -0.4 is 4.90 Å². The maximum absolute atomic E-state index is 2.40. The zero-order valence-electron chi connectivity index (χ0n) is 26.4. The quantitative estimate of drug-likeness (QED) is 0.185. The van der Waals surface area contributed by atoms with Crippen LogP contribution in [0.4, 0.5) is 17.1 Å². The Kier molecular flexibility index (Phi) is 6.41. The highest BCUT2D eigenvalue weighted by atomic mass is 32.1. The van der Waals surface area contributed by atoms with Crippen LogP contribution in [0.3, 0.4) is 0 Å². The van der Waals surface area contributed by atoms with Crippen molar-refractivity contribution < 1.29 is 0 Å². The molecule has 0 fully saturated rings. The molecule has 0 saturated heterocycles. The SMILES string of the molecule is CC1(C)c2ccccc2-c2c1ccc1sc3cc(N(c4ccc(-c5ccccc5)cc4)c4cccc(-c5ccccc5)c4)ccc3c21. The Morgan fingerprint density at radius 1 is 0.447 bits per heavy atom. The Hall–Kier alpha value is -5.44. The molecule has 9 rings (SSSR count). The van der Waals surface area contributed by atoms with Crippen LogP contribution in [0.2, 0.25) is 0 Å². The number of thiophene rings is 1. The fourth-order valence-corrected chi connectivity index (χ4v) is 8.67. The van der Waals surface area contributed by atoms with E-state index in [0.717, 1.165) is 17.1 Å². The van der Waals surface area contributed by atoms with Gasteiger partial charge in [0.2, 0.25) is 0 Å². The van der Waals surface area contributed by atoms with Crippen LogP contribution in [0.1, 0.15) is 25.0 Å². The summed E-state index contributed by atoms with van der Waals surface area (Å²) in [6.45, 7) is 4.72. The van der Waals surface area contributed by atoms with E-state index in [1.54, 1.807) is 0 Å². The first kappa shape index (κ1) is 27.8. The summed E-state index contributed by atoms with van der Waals surface area (Å²) in [4.78, 5) is 2.40. The second kappa shape index (κ2) is 10.8. The molecule has 0 amide bonds. The lowest BCUT2D eigenvalue weighted by atomic mass is 9.82. The van der Waals surface area contributed by atoms with Gasteiger partial charge in [0, 0.05) is 42.6 Å². The van der Waals surface area contributed by atoms with Crippen molar-refractivity contribution in [1.82, 2.24) is 0 Å². The van der Waals surface area contributed by atoms with Crippen molar-refractivity contribution in [3.63, 3.8) is 0 Å². The van der Waals surface area contributed by atoms with E-state index in [-0.39, 0.29) is 5.41 Å². The Labute approximate surface area is 280 Å². The molecule has 47 heavy (non-hydrogen) atoms. The zero-order valence-corrected chi connectivity index (χ0v) is 27.3. The molecular formula is C45H33NS. The summed E-state index contributed by atoms with van der Waals surface area (Å²) in [6.07, 6.45) is 0. The third kappa shape index (κ3) is 4.52. The normalized spacial score (nSPS) is 13.1. The lowest BCUT2D eigenvalue weighted by Crippen LogP contribution is -2.14. The smallest absolute Gasteiger partial charge is 0.0476 e. The molecule has 1 heterocycles. The Morgan fingerprint density at radius 2 is 1.06 bits per heavy atom. The summed E-state index contributed by atoms with van der Waals surface area (Å²) in [5.74, 6) is 0. The van der Waals surface area contributed by atoms with Crippen molar-refractivity contribution in [3.8, 4) is 33.4 Å². The first-order valence-corrected chi connectivity index (χ1v) is 17.1. The summed E-state index contributed by atoms with van der Waals surface area (Å²) < 4.78 is 2.64. The van der Waals surface area contributed by atoms with Crippen molar-refractivity contribution >= 4 is 48.6 Å². The van der Waals surface area contributed by atoms with Gasteiger partial charge in [-0.15, -0.1) is 11.3 Å². The van der Waals surface area contributed by atoms with Crippen molar-refractivity contribution in [3.05, 3.63) is 175 Å². The van der Waals surface area contributed by atoms with Crippen LogP contribution >= 0.6 is 11.3 Å². The molecule has 1 aliphatic rings. The molecule has 7 aromatic carbocycles. The lowest BCUT2D eigenvalue weighted by molar-refractivity contribution is 0.661. The summed E-state index contributed by atoms with van der Waals surface area (Å²) >= 11 is 1.90. The third-order valence-corrected chi connectivity index (χ3v) is 11.0. The van der Waals surface area contributed by atoms with Crippen LogP contribution in [-0.4, -0.2) is 0 Å². The number of hydrogen-bond donors (Lipinski definition) is 0. The van der Waals surface area contributed by atoms with Gasteiger partial charge in [0.15, 0.2) is 0 Å². The average molecular weight is 620 g/mol. The first-order chi connectivity index (χ1) is 23.1. The molecule has 0 saturated carbocycles. The Bertz CT molecular complexity index is 2420. The highest BCUT2D eigenvalue weighted by molar-refractivity contribution is 7.26. The number of nitrogens with zero attached hydrogens (tertiary/aromatic N) is 1. The van der Waals surface area contributed by atoms with Gasteiger partial charge in [0.25, 0.3) is 0 Å². The van der Waals surface area contributed by atoms with E-state index >= 15 is 0 Å². The molecule has 1 nitrogen and oxygen atoms in total. The van der Waals surface area contributed by atoms with Crippen molar-refractivity contribution in [2.45, 2.75) is 19.3 Å². The molecule has 1 aromatic heterocycles. The molecule has 2 heteroatoms. The molecule has 0 radical (unpaired) electrons. The van der Waals surface area contributed by atoms with Gasteiger partial charge < -0.3 is 4.90 Å². The van der Waals surface area contributed by atoms with Gasteiger partial charge in [-0.3, -0.25) is 0 Å². The van der Waals surface area contributed by atoms with E-state index < -0.39 is 0 Å². The first-order valence-electron chi connectivity index (χ1n) is 16.3. The van der Waals surface area contributed by atoms with Crippen LogP contribution in [0.5, 0.6) is 0 Å². The molecule has 0 aliphatic heterocycles. The van der Waals surface area contributed by atoms with E-state index in [2.05, 4.69) is 183 Å². The van der Waals surface area contributed by atoms with Gasteiger partial charge >= 0.3 is 0 Å². The number of anilines is 3. The minimum atomic E-state index is -0.0131. The fraction of sp³-hybridized carbons (Fsp3) is 0.0667. The van der Waals surface area contributed by atoms with Gasteiger partial charge in [-0.1, -0.05) is 135 Å². The van der Waals surface area contributed by atoms with E-state index in [4.69, 9.17) is 0 Å². The molecule has 0 atom stereocenters. The highest BCUT2D eigenvalue weighted by Crippen LogP contribution is 2.54. The molecule has 0 unspecified atom stereocenters. The minimum absolute atomic E-state index is 0.0131. The van der Waals surface area contributed by atoms with Crippen LogP contribution in [0, 0.1) is 0 Å². The number of benzene rings is 7. The lowest BCUT2D eigenvalue weighted by Gasteiger charge is -2.26. The zero-order chi connectivity index (χ0) is 31.5. The largest absolute Gasteiger partial charge is 0.310 e. The minimum Gasteiger partial charge on any atom is -0.310 e. The number of fused-ring (bicyclic) bond motifs is 7. The van der Waals surface area contributed by atoms with E-state index in [9.17, 15) is 0 Å². The third-order valence-electron chi connectivity index (χ3n) is 9.87. The highest BCUT2D eigenvalue weighted by Gasteiger charge is 2.36. The van der Waals surface area contributed by atoms with E-state index in [1.165, 1.54) is 64.7 Å². The van der Waals surface area contributed by atoms with E-state index in [0.29, 0.717) is 0 Å². The topological polar surface area (TPSA) is 3.24 Å². The summed E-state index contributed by atoms with van der Waals surface area (Å²) in [6, 6.07) is 59.8.